The summed E-state index contributed by atoms with van der Waals surface area (Å²) in [6, 6.07) is 0. The van der Waals surface area contributed by atoms with E-state index < -0.39 is 16.1 Å². The summed E-state index contributed by atoms with van der Waals surface area (Å²) in [5.74, 6) is 0. The van der Waals surface area contributed by atoms with E-state index in [1.165, 1.54) is 0 Å². The summed E-state index contributed by atoms with van der Waals surface area (Å²) in [7, 11) is -5.76. The van der Waals surface area contributed by atoms with Crippen LogP contribution in [0.1, 0.15) is 0 Å². The molecule has 0 aromatic carbocycles. The molecule has 0 unspecified atom stereocenters. The maximum atomic E-state index is 9.33. The van der Waals surface area contributed by atoms with Crippen LogP contribution < -0.4 is 5.50 Å². The van der Waals surface area contributed by atoms with Crippen LogP contribution in [0.2, 0.25) is 0 Å². The van der Waals surface area contributed by atoms with Gasteiger partial charge in [0.2, 0.25) is 8.53 Å². The highest BCUT2D eigenvalue weighted by atomic mass is 31.2. The molecule has 9 heavy (non-hydrogen) atoms. The standard InChI is InChI=1S/CH5O3P.H4NO2P/c1-5(2,3)4;1-4(2)3/h1H3,(H2,2,3,4);2-3H,1H2. The Hall–Kier alpha value is 0.460. The average Bonchev–Trinajstić information content (AvgIpc) is 1.19. The van der Waals surface area contributed by atoms with Crippen LogP contribution in [-0.2, 0) is 4.57 Å². The van der Waals surface area contributed by atoms with Crippen LogP contribution in [0.4, 0.5) is 0 Å². The first kappa shape index (κ1) is 12.2. The van der Waals surface area contributed by atoms with Crippen LogP contribution in [0.5, 0.6) is 0 Å². The molecule has 0 aliphatic rings. The minimum absolute atomic E-state index is 0.854. The Morgan fingerprint density at radius 3 is 1.44 bits per heavy atom. The molecule has 0 radical (unpaired) electrons. The molecule has 0 rings (SSSR count). The lowest BCUT2D eigenvalue weighted by atomic mass is 12.0. The van der Waals surface area contributed by atoms with Gasteiger partial charge in [-0.3, -0.25) is 10.1 Å². The van der Waals surface area contributed by atoms with E-state index in [0.29, 0.717) is 0 Å². The van der Waals surface area contributed by atoms with Gasteiger partial charge >= 0.3 is 7.60 Å². The van der Waals surface area contributed by atoms with E-state index in [0.717, 1.165) is 6.66 Å². The molecular weight excluding hydrogens is 168 g/mol. The summed E-state index contributed by atoms with van der Waals surface area (Å²) in [6.45, 7) is 0.854. The molecule has 0 fully saturated rings. The molecule has 0 aromatic rings. The van der Waals surface area contributed by atoms with Gasteiger partial charge in [-0.2, -0.15) is 0 Å². The van der Waals surface area contributed by atoms with Gasteiger partial charge in [-0.25, -0.2) is 0 Å². The van der Waals surface area contributed by atoms with Crippen LogP contribution >= 0.6 is 16.1 Å². The predicted octanol–water partition coefficient (Wildman–Crippen LogP) is -1.05. The van der Waals surface area contributed by atoms with Crippen molar-refractivity contribution in [2.75, 3.05) is 6.66 Å². The Kier molecular flexibility index (Phi) is 7.11. The third kappa shape index (κ3) is 1670. The van der Waals surface area contributed by atoms with Crippen LogP contribution in [-0.4, -0.2) is 26.2 Å². The third-order valence-electron chi connectivity index (χ3n) is 0. The summed E-state index contributed by atoms with van der Waals surface area (Å²) in [5, 5.41) is 0. The highest BCUT2D eigenvalue weighted by molar-refractivity contribution is 7.50. The maximum absolute atomic E-state index is 9.33. The quantitative estimate of drug-likeness (QED) is 0.301. The molecule has 0 bridgehead atoms. The largest absolute Gasteiger partial charge is 0.338 e. The lowest BCUT2D eigenvalue weighted by Crippen LogP contribution is -1.78. The van der Waals surface area contributed by atoms with E-state index >= 15 is 0 Å². The van der Waals surface area contributed by atoms with Crippen molar-refractivity contribution >= 4 is 16.1 Å². The molecule has 6 nitrogen and oxygen atoms in total. The number of hydrogen-bond donors (Lipinski definition) is 5. The molecule has 0 saturated heterocycles. The van der Waals surface area contributed by atoms with Gasteiger partial charge in [-0.05, 0) is 0 Å². The van der Waals surface area contributed by atoms with E-state index in [9.17, 15) is 4.57 Å². The van der Waals surface area contributed by atoms with Crippen molar-refractivity contribution in [3.8, 4) is 0 Å². The summed E-state index contributed by atoms with van der Waals surface area (Å²) in [4.78, 5) is 30.2. The first-order valence-corrected chi connectivity index (χ1v) is 5.06. The monoisotopic (exact) mass is 177 g/mol. The molecule has 0 atom stereocenters. The fraction of sp³-hybridized carbons (Fsp3) is 1.00. The van der Waals surface area contributed by atoms with Gasteiger partial charge < -0.3 is 19.6 Å². The van der Waals surface area contributed by atoms with Crippen molar-refractivity contribution in [1.82, 2.24) is 0 Å². The van der Waals surface area contributed by atoms with E-state index in [2.05, 4.69) is 5.50 Å². The Morgan fingerprint density at radius 2 is 1.44 bits per heavy atom. The van der Waals surface area contributed by atoms with Crippen LogP contribution in [0.15, 0.2) is 0 Å². The molecule has 0 amide bonds. The van der Waals surface area contributed by atoms with Crippen molar-refractivity contribution < 1.29 is 24.1 Å². The fourth-order valence-electron chi connectivity index (χ4n) is 0. The second kappa shape index (κ2) is 5.26. The second-order valence-electron chi connectivity index (χ2n) is 1.16. The maximum Gasteiger partial charge on any atom is 0.322 e. The van der Waals surface area contributed by atoms with Crippen molar-refractivity contribution in [2.45, 2.75) is 0 Å². The van der Waals surface area contributed by atoms with Gasteiger partial charge in [0.15, 0.2) is 0 Å². The first-order chi connectivity index (χ1) is 3.73. The molecule has 0 saturated carbocycles. The third-order valence-corrected chi connectivity index (χ3v) is 0. The van der Waals surface area contributed by atoms with Crippen molar-refractivity contribution in [1.29, 1.82) is 0 Å². The van der Waals surface area contributed by atoms with Gasteiger partial charge in [0, 0.05) is 6.66 Å². The fourth-order valence-corrected chi connectivity index (χ4v) is 0. The Morgan fingerprint density at radius 1 is 1.44 bits per heavy atom. The highest BCUT2D eigenvalue weighted by Crippen LogP contribution is 2.26. The zero-order valence-corrected chi connectivity index (χ0v) is 6.46. The number of nitrogens with two attached hydrogens (primary N) is 1. The minimum atomic E-state index is -3.64. The minimum Gasteiger partial charge on any atom is -0.338 e. The molecule has 8 heteroatoms. The van der Waals surface area contributed by atoms with Crippen molar-refractivity contribution in [3.05, 3.63) is 0 Å². The lowest BCUT2D eigenvalue weighted by molar-refractivity contribution is 0.381. The zero-order valence-electron chi connectivity index (χ0n) is 4.67. The molecule has 6 N–H and O–H groups in total. The average molecular weight is 177 g/mol. The SMILES string of the molecule is CP(=O)(O)O.NP(O)O. The van der Waals surface area contributed by atoms with Gasteiger partial charge in [-0.1, -0.05) is 0 Å². The molecule has 0 heterocycles. The van der Waals surface area contributed by atoms with Crippen molar-refractivity contribution in [2.24, 2.45) is 5.50 Å². The van der Waals surface area contributed by atoms with Gasteiger partial charge in [0.25, 0.3) is 0 Å². The number of hydrogen-bond acceptors (Lipinski definition) is 4. The van der Waals surface area contributed by atoms with Crippen molar-refractivity contribution in [3.63, 3.8) is 0 Å². The van der Waals surface area contributed by atoms with Gasteiger partial charge in [-0.15, -0.1) is 0 Å². The summed E-state index contributed by atoms with van der Waals surface area (Å²) < 4.78 is 9.33. The van der Waals surface area contributed by atoms with Crippen LogP contribution in [0.25, 0.3) is 0 Å². The van der Waals surface area contributed by atoms with E-state index in [4.69, 9.17) is 19.6 Å². The Bertz CT molecular complexity index is 86.1. The Labute approximate surface area is 53.5 Å². The molecule has 58 valence electrons. The van der Waals surface area contributed by atoms with Gasteiger partial charge in [0.1, 0.15) is 0 Å². The molecule has 0 aliphatic carbocycles. The van der Waals surface area contributed by atoms with E-state index in [1.807, 2.05) is 0 Å². The second-order valence-corrected chi connectivity index (χ2v) is 3.47. The summed E-state index contributed by atoms with van der Waals surface area (Å²) in [5.41, 5.74) is 4.29. The zero-order chi connectivity index (χ0) is 8.08. The number of rotatable bonds is 0. The van der Waals surface area contributed by atoms with E-state index in [1.54, 1.807) is 0 Å². The topological polar surface area (TPSA) is 124 Å². The summed E-state index contributed by atoms with van der Waals surface area (Å²) in [6.07, 6.45) is 0. The smallest absolute Gasteiger partial charge is 0.322 e. The van der Waals surface area contributed by atoms with Gasteiger partial charge in [0.05, 0.1) is 0 Å². The first-order valence-electron chi connectivity index (χ1n) is 1.69. The highest BCUT2D eigenvalue weighted by Gasteiger charge is 1.95. The molecule has 0 spiro atoms. The van der Waals surface area contributed by atoms with Crippen LogP contribution in [0, 0.1) is 0 Å². The summed E-state index contributed by atoms with van der Waals surface area (Å²) >= 11 is 0. The van der Waals surface area contributed by atoms with E-state index in [-0.39, 0.29) is 0 Å². The molecular formula is CH9NO5P2. The normalized spacial score (nSPS) is 10.6. The predicted molar refractivity (Wildman–Crippen MR) is 33.5 cm³/mol. The molecule has 0 aromatic heterocycles. The van der Waals surface area contributed by atoms with Crippen LogP contribution in [0.3, 0.4) is 0 Å². The molecule has 0 aliphatic heterocycles. The lowest BCUT2D eigenvalue weighted by Gasteiger charge is -1.84. The Balaban J connectivity index is 0.